The van der Waals surface area contributed by atoms with E-state index in [-0.39, 0.29) is 0 Å². The minimum atomic E-state index is 0.347. The van der Waals surface area contributed by atoms with Crippen LogP contribution in [0.1, 0.15) is 37.8 Å². The van der Waals surface area contributed by atoms with E-state index in [1.165, 1.54) is 16.8 Å². The Morgan fingerprint density at radius 2 is 1.89 bits per heavy atom. The van der Waals surface area contributed by atoms with E-state index in [1.54, 1.807) is 0 Å². The van der Waals surface area contributed by atoms with Crippen LogP contribution in [0, 0.1) is 5.41 Å². The summed E-state index contributed by atoms with van der Waals surface area (Å²) in [5.74, 6) is 0.522. The average molecular weight is 239 g/mol. The van der Waals surface area contributed by atoms with Crippen LogP contribution < -0.4 is 5.32 Å². The molecule has 0 aromatic heterocycles. The van der Waals surface area contributed by atoms with Gasteiger partial charge in [-0.3, -0.25) is 0 Å². The molecule has 0 fully saturated rings. The number of nitrogens with one attached hydrogen (secondary N) is 1. The molecule has 1 N–H and O–H groups in total. The van der Waals surface area contributed by atoms with Crippen LogP contribution in [-0.4, -0.2) is 6.04 Å². The monoisotopic (exact) mass is 239 g/mol. The Kier molecular flexibility index (Phi) is 2.58. The van der Waals surface area contributed by atoms with Gasteiger partial charge in [0.05, 0.1) is 6.04 Å². The second-order valence-corrected chi connectivity index (χ2v) is 6.62. The Morgan fingerprint density at radius 1 is 1.11 bits per heavy atom. The molecular formula is C17H21N. The van der Waals surface area contributed by atoms with Gasteiger partial charge >= 0.3 is 0 Å². The van der Waals surface area contributed by atoms with Crippen molar-refractivity contribution in [3.8, 4) is 0 Å². The Hall–Kier alpha value is -1.50. The van der Waals surface area contributed by atoms with Gasteiger partial charge in [-0.05, 0) is 29.0 Å². The van der Waals surface area contributed by atoms with Gasteiger partial charge in [-0.1, -0.05) is 57.2 Å². The molecule has 0 radical (unpaired) electrons. The molecule has 1 heteroatoms. The van der Waals surface area contributed by atoms with Gasteiger partial charge in [0.25, 0.3) is 0 Å². The molecule has 0 saturated carbocycles. The highest BCUT2D eigenvalue weighted by molar-refractivity contribution is 5.64. The van der Waals surface area contributed by atoms with E-state index in [9.17, 15) is 0 Å². The molecule has 1 nitrogen and oxygen atoms in total. The smallest absolute Gasteiger partial charge is 0.0551 e. The van der Waals surface area contributed by atoms with Gasteiger partial charge in [-0.25, -0.2) is 0 Å². The van der Waals surface area contributed by atoms with Crippen LogP contribution in [0.25, 0.3) is 0 Å². The maximum Gasteiger partial charge on any atom is 0.0551 e. The molecule has 2 aliphatic rings. The third-order valence-electron chi connectivity index (χ3n) is 3.67. The summed E-state index contributed by atoms with van der Waals surface area (Å²) in [6.45, 7) is 6.87. The van der Waals surface area contributed by atoms with Gasteiger partial charge in [-0.2, -0.15) is 0 Å². The van der Waals surface area contributed by atoms with Crippen molar-refractivity contribution >= 4 is 5.69 Å². The summed E-state index contributed by atoms with van der Waals surface area (Å²) in [6.07, 6.45) is 9.97. The standard InChI is InChI=1S/C17H21N/c1-17(2,3)11-12-8-9-14-13-6-4-5-7-15(13)18-16(14)10-12/h4-10,13,15,18H,11H2,1-3H3. The van der Waals surface area contributed by atoms with Crippen molar-refractivity contribution in [3.05, 3.63) is 53.6 Å². The summed E-state index contributed by atoms with van der Waals surface area (Å²) in [5, 5.41) is 3.62. The van der Waals surface area contributed by atoms with Crippen molar-refractivity contribution in [2.24, 2.45) is 5.41 Å². The van der Waals surface area contributed by atoms with Crippen molar-refractivity contribution in [2.45, 2.75) is 39.2 Å². The first-order valence-corrected chi connectivity index (χ1v) is 6.77. The van der Waals surface area contributed by atoms with Crippen LogP contribution in [0.3, 0.4) is 0 Å². The lowest BCUT2D eigenvalue weighted by Gasteiger charge is -2.18. The van der Waals surface area contributed by atoms with Gasteiger partial charge in [-0.15, -0.1) is 0 Å². The zero-order valence-corrected chi connectivity index (χ0v) is 11.4. The Bertz CT molecular complexity index is 517. The lowest BCUT2D eigenvalue weighted by molar-refractivity contribution is 0.411. The number of hydrogen-bond donors (Lipinski definition) is 1. The van der Waals surface area contributed by atoms with Crippen molar-refractivity contribution in [3.63, 3.8) is 0 Å². The number of anilines is 1. The zero-order chi connectivity index (χ0) is 12.8. The maximum atomic E-state index is 3.62. The lowest BCUT2D eigenvalue weighted by atomic mass is 9.86. The third-order valence-corrected chi connectivity index (χ3v) is 3.67. The second-order valence-electron chi connectivity index (χ2n) is 6.62. The van der Waals surface area contributed by atoms with E-state index in [0.717, 1.165) is 6.42 Å². The summed E-state index contributed by atoms with van der Waals surface area (Å²) in [5.41, 5.74) is 4.54. The lowest BCUT2D eigenvalue weighted by Crippen LogP contribution is -2.17. The van der Waals surface area contributed by atoms with Crippen LogP contribution in [0.4, 0.5) is 5.69 Å². The first kappa shape index (κ1) is 11.6. The van der Waals surface area contributed by atoms with Crippen LogP contribution >= 0.6 is 0 Å². The molecular weight excluding hydrogens is 218 g/mol. The number of allylic oxidation sites excluding steroid dienone is 2. The highest BCUT2D eigenvalue weighted by atomic mass is 15.0. The quantitative estimate of drug-likeness (QED) is 0.771. The first-order chi connectivity index (χ1) is 8.53. The van der Waals surface area contributed by atoms with Crippen molar-refractivity contribution in [1.29, 1.82) is 0 Å². The zero-order valence-electron chi connectivity index (χ0n) is 11.4. The summed E-state index contributed by atoms with van der Waals surface area (Å²) in [7, 11) is 0. The summed E-state index contributed by atoms with van der Waals surface area (Å²) >= 11 is 0. The predicted octanol–water partition coefficient (Wildman–Crippen LogP) is 4.28. The number of rotatable bonds is 1. The van der Waals surface area contributed by atoms with Gasteiger partial charge in [0, 0.05) is 11.6 Å². The first-order valence-electron chi connectivity index (χ1n) is 6.77. The van der Waals surface area contributed by atoms with E-state index in [0.29, 0.717) is 17.4 Å². The molecule has 0 saturated heterocycles. The Labute approximate surface area is 110 Å². The number of benzene rings is 1. The average Bonchev–Trinajstić information content (AvgIpc) is 2.64. The molecule has 18 heavy (non-hydrogen) atoms. The molecule has 1 aliphatic carbocycles. The van der Waals surface area contributed by atoms with E-state index in [2.05, 4.69) is 68.6 Å². The molecule has 2 atom stereocenters. The number of hydrogen-bond acceptors (Lipinski definition) is 1. The fourth-order valence-electron chi connectivity index (χ4n) is 2.96. The number of fused-ring (bicyclic) bond motifs is 3. The predicted molar refractivity (Wildman–Crippen MR) is 78.0 cm³/mol. The van der Waals surface area contributed by atoms with Crippen LogP contribution in [0.2, 0.25) is 0 Å². The minimum Gasteiger partial charge on any atom is -0.378 e. The minimum absolute atomic E-state index is 0.347. The van der Waals surface area contributed by atoms with E-state index in [4.69, 9.17) is 0 Å². The van der Waals surface area contributed by atoms with Gasteiger partial charge in [0.1, 0.15) is 0 Å². The molecule has 1 aliphatic heterocycles. The highest BCUT2D eigenvalue weighted by Crippen LogP contribution is 2.39. The Morgan fingerprint density at radius 3 is 2.67 bits per heavy atom. The van der Waals surface area contributed by atoms with Gasteiger partial charge in [0.2, 0.25) is 0 Å². The molecule has 1 aromatic carbocycles. The highest BCUT2D eigenvalue weighted by Gasteiger charge is 2.29. The largest absolute Gasteiger partial charge is 0.378 e. The molecule has 1 heterocycles. The molecule has 2 unspecified atom stereocenters. The topological polar surface area (TPSA) is 12.0 Å². The van der Waals surface area contributed by atoms with Crippen LogP contribution in [0.15, 0.2) is 42.5 Å². The third kappa shape index (κ3) is 2.10. The summed E-state index contributed by atoms with van der Waals surface area (Å²) < 4.78 is 0. The van der Waals surface area contributed by atoms with Gasteiger partial charge < -0.3 is 5.32 Å². The summed E-state index contributed by atoms with van der Waals surface area (Å²) in [4.78, 5) is 0. The summed E-state index contributed by atoms with van der Waals surface area (Å²) in [6, 6.07) is 7.38. The van der Waals surface area contributed by atoms with Crippen LogP contribution in [0.5, 0.6) is 0 Å². The second kappa shape index (κ2) is 4.01. The van der Waals surface area contributed by atoms with Gasteiger partial charge in [0.15, 0.2) is 0 Å². The normalized spacial score (nSPS) is 24.6. The Balaban J connectivity index is 1.90. The molecule has 0 bridgehead atoms. The van der Waals surface area contributed by atoms with Crippen molar-refractivity contribution in [1.82, 2.24) is 0 Å². The molecule has 1 aromatic rings. The van der Waals surface area contributed by atoms with E-state index < -0.39 is 0 Å². The molecule has 0 spiro atoms. The SMILES string of the molecule is CC(C)(C)Cc1ccc2c(c1)NC1C=CC=CC21. The van der Waals surface area contributed by atoms with Crippen molar-refractivity contribution in [2.75, 3.05) is 5.32 Å². The van der Waals surface area contributed by atoms with E-state index in [1.807, 2.05) is 0 Å². The fourth-order valence-corrected chi connectivity index (χ4v) is 2.96. The molecule has 3 rings (SSSR count). The van der Waals surface area contributed by atoms with Crippen molar-refractivity contribution < 1.29 is 0 Å². The maximum absolute atomic E-state index is 3.62. The van der Waals surface area contributed by atoms with E-state index >= 15 is 0 Å². The fraction of sp³-hybridized carbons (Fsp3) is 0.412. The molecule has 0 amide bonds. The van der Waals surface area contributed by atoms with Crippen LogP contribution in [-0.2, 0) is 6.42 Å². The molecule has 94 valence electrons.